The molecule has 0 aliphatic carbocycles. The molecule has 0 spiro atoms. The van der Waals surface area contributed by atoms with Gasteiger partial charge < -0.3 is 25.2 Å². The van der Waals surface area contributed by atoms with Gasteiger partial charge in [0.1, 0.15) is 17.1 Å². The van der Waals surface area contributed by atoms with Gasteiger partial charge >= 0.3 is 5.97 Å². The number of carboxylic acid groups (broad SMARTS) is 1. The van der Waals surface area contributed by atoms with Gasteiger partial charge in [-0.05, 0) is 24.3 Å². The van der Waals surface area contributed by atoms with E-state index in [4.69, 9.17) is 9.47 Å². The van der Waals surface area contributed by atoms with Gasteiger partial charge in [0.25, 0.3) is 0 Å². The zero-order valence-electron chi connectivity index (χ0n) is 14.8. The molecule has 0 radical (unpaired) electrons. The number of ether oxygens (including phenoxy) is 2. The summed E-state index contributed by atoms with van der Waals surface area (Å²) in [5, 5.41) is 15.5. The van der Waals surface area contributed by atoms with E-state index in [2.05, 4.69) is 20.6 Å². The minimum atomic E-state index is -1.13. The Balaban J connectivity index is 1.94. The first-order valence-electron chi connectivity index (χ1n) is 8.02. The second kappa shape index (κ2) is 8.05. The molecule has 2 aromatic carbocycles. The van der Waals surface area contributed by atoms with Crippen LogP contribution in [0.15, 0.2) is 54.7 Å². The fourth-order valence-electron chi connectivity index (χ4n) is 2.40. The summed E-state index contributed by atoms with van der Waals surface area (Å²) < 4.78 is 10.5. The van der Waals surface area contributed by atoms with Crippen LogP contribution in [0.3, 0.4) is 0 Å². The van der Waals surface area contributed by atoms with Crippen LogP contribution in [-0.2, 0) is 0 Å². The number of anilines is 4. The third-order valence-corrected chi connectivity index (χ3v) is 3.71. The smallest absolute Gasteiger partial charge is 0.341 e. The Morgan fingerprint density at radius 2 is 1.85 bits per heavy atom. The van der Waals surface area contributed by atoms with E-state index in [1.165, 1.54) is 6.20 Å². The van der Waals surface area contributed by atoms with Gasteiger partial charge in [-0.2, -0.15) is 4.98 Å². The molecule has 0 saturated carbocycles. The molecule has 3 aromatic rings. The Morgan fingerprint density at radius 3 is 2.59 bits per heavy atom. The molecule has 3 rings (SSSR count). The van der Waals surface area contributed by atoms with Crippen molar-refractivity contribution in [3.63, 3.8) is 0 Å². The summed E-state index contributed by atoms with van der Waals surface area (Å²) in [7, 11) is 3.12. The van der Waals surface area contributed by atoms with Gasteiger partial charge in [-0.3, -0.25) is 0 Å². The molecule has 0 bridgehead atoms. The van der Waals surface area contributed by atoms with Crippen molar-refractivity contribution in [3.8, 4) is 11.5 Å². The predicted octanol–water partition coefficient (Wildman–Crippen LogP) is 3.68. The van der Waals surface area contributed by atoms with Gasteiger partial charge in [-0.1, -0.05) is 18.2 Å². The minimum Gasteiger partial charge on any atom is -0.497 e. The Bertz CT molecular complexity index is 962. The van der Waals surface area contributed by atoms with Gasteiger partial charge in [0.05, 0.1) is 19.9 Å². The molecule has 0 saturated heterocycles. The van der Waals surface area contributed by atoms with Gasteiger partial charge in [0.2, 0.25) is 5.95 Å². The van der Waals surface area contributed by atoms with Crippen LogP contribution in [0.5, 0.6) is 11.5 Å². The molecule has 0 unspecified atom stereocenters. The van der Waals surface area contributed by atoms with Crippen molar-refractivity contribution >= 4 is 29.1 Å². The monoisotopic (exact) mass is 366 g/mol. The molecule has 8 nitrogen and oxygen atoms in total. The number of nitrogens with one attached hydrogen (secondary N) is 2. The van der Waals surface area contributed by atoms with Crippen molar-refractivity contribution in [1.82, 2.24) is 9.97 Å². The van der Waals surface area contributed by atoms with Crippen molar-refractivity contribution in [2.75, 3.05) is 24.9 Å². The molecule has 3 N–H and O–H groups in total. The van der Waals surface area contributed by atoms with Crippen molar-refractivity contribution in [3.05, 3.63) is 60.3 Å². The SMILES string of the molecule is COc1cccc(Nc2nc(Nc3ccccc3OC)ncc2C(=O)O)c1. The lowest BCUT2D eigenvalue weighted by Gasteiger charge is -2.13. The zero-order valence-corrected chi connectivity index (χ0v) is 14.8. The summed E-state index contributed by atoms with van der Waals surface area (Å²) in [6, 6.07) is 14.4. The van der Waals surface area contributed by atoms with Crippen molar-refractivity contribution in [2.45, 2.75) is 0 Å². The molecule has 8 heteroatoms. The average Bonchev–Trinajstić information content (AvgIpc) is 2.68. The number of methoxy groups -OCH3 is 2. The lowest BCUT2D eigenvalue weighted by Crippen LogP contribution is -2.08. The topological polar surface area (TPSA) is 106 Å². The lowest BCUT2D eigenvalue weighted by molar-refractivity contribution is 0.0697. The number of aromatic nitrogens is 2. The highest BCUT2D eigenvalue weighted by atomic mass is 16.5. The predicted molar refractivity (Wildman–Crippen MR) is 102 cm³/mol. The van der Waals surface area contributed by atoms with Crippen LogP contribution >= 0.6 is 0 Å². The summed E-state index contributed by atoms with van der Waals surface area (Å²) in [4.78, 5) is 19.9. The number of aromatic carboxylic acids is 1. The normalized spacial score (nSPS) is 10.1. The van der Waals surface area contributed by atoms with E-state index in [0.717, 1.165) is 0 Å². The standard InChI is InChI=1S/C19H18N4O4/c1-26-13-7-5-6-12(10-13)21-17-14(18(24)25)11-20-19(23-17)22-15-8-3-4-9-16(15)27-2/h3-11H,1-2H3,(H,24,25)(H2,20,21,22,23). The molecular weight excluding hydrogens is 348 g/mol. The molecule has 0 atom stereocenters. The summed E-state index contributed by atoms with van der Waals surface area (Å²) in [5.74, 6) is 0.506. The van der Waals surface area contributed by atoms with Crippen LogP contribution in [0.1, 0.15) is 10.4 Å². The van der Waals surface area contributed by atoms with E-state index < -0.39 is 5.97 Å². The maximum absolute atomic E-state index is 11.5. The van der Waals surface area contributed by atoms with E-state index in [0.29, 0.717) is 22.9 Å². The number of benzene rings is 2. The molecule has 0 aliphatic rings. The fourth-order valence-corrected chi connectivity index (χ4v) is 2.40. The summed E-state index contributed by atoms with van der Waals surface area (Å²) in [6.07, 6.45) is 1.25. The molecule has 0 amide bonds. The highest BCUT2D eigenvalue weighted by Gasteiger charge is 2.15. The Labute approximate surface area is 155 Å². The number of para-hydroxylation sites is 2. The summed E-state index contributed by atoms with van der Waals surface area (Å²) >= 11 is 0. The van der Waals surface area contributed by atoms with Crippen LogP contribution in [0, 0.1) is 0 Å². The third-order valence-electron chi connectivity index (χ3n) is 3.71. The fraction of sp³-hybridized carbons (Fsp3) is 0.105. The second-order valence-electron chi connectivity index (χ2n) is 5.44. The maximum atomic E-state index is 11.5. The first-order chi connectivity index (χ1) is 13.1. The number of rotatable bonds is 7. The second-order valence-corrected chi connectivity index (χ2v) is 5.44. The minimum absolute atomic E-state index is 0.0524. The van der Waals surface area contributed by atoms with E-state index >= 15 is 0 Å². The number of nitrogens with zero attached hydrogens (tertiary/aromatic N) is 2. The summed E-state index contributed by atoms with van der Waals surface area (Å²) in [5.41, 5.74) is 1.25. The molecular formula is C19H18N4O4. The number of carbonyl (C=O) groups is 1. The van der Waals surface area contributed by atoms with Crippen LogP contribution in [-0.4, -0.2) is 35.3 Å². The van der Waals surface area contributed by atoms with Crippen LogP contribution < -0.4 is 20.1 Å². The van der Waals surface area contributed by atoms with Crippen molar-refractivity contribution in [1.29, 1.82) is 0 Å². The van der Waals surface area contributed by atoms with Crippen LogP contribution in [0.4, 0.5) is 23.1 Å². The highest BCUT2D eigenvalue weighted by Crippen LogP contribution is 2.27. The van der Waals surface area contributed by atoms with Gasteiger partial charge in [0, 0.05) is 18.0 Å². The number of hydrogen-bond acceptors (Lipinski definition) is 7. The quantitative estimate of drug-likeness (QED) is 0.581. The third kappa shape index (κ3) is 4.24. The molecule has 1 aromatic heterocycles. The van der Waals surface area contributed by atoms with E-state index in [1.54, 1.807) is 44.6 Å². The first kappa shape index (κ1) is 18.0. The number of carboxylic acids is 1. The molecule has 27 heavy (non-hydrogen) atoms. The molecule has 0 fully saturated rings. The van der Waals surface area contributed by atoms with E-state index in [1.807, 2.05) is 18.2 Å². The Hall–Kier alpha value is -3.81. The van der Waals surface area contributed by atoms with E-state index in [-0.39, 0.29) is 17.3 Å². The summed E-state index contributed by atoms with van der Waals surface area (Å²) in [6.45, 7) is 0. The van der Waals surface area contributed by atoms with Gasteiger partial charge in [-0.25, -0.2) is 9.78 Å². The Morgan fingerprint density at radius 1 is 1.04 bits per heavy atom. The first-order valence-corrected chi connectivity index (χ1v) is 8.02. The van der Waals surface area contributed by atoms with Crippen molar-refractivity contribution in [2.24, 2.45) is 0 Å². The maximum Gasteiger partial charge on any atom is 0.341 e. The molecule has 0 aliphatic heterocycles. The largest absolute Gasteiger partial charge is 0.497 e. The molecule has 1 heterocycles. The van der Waals surface area contributed by atoms with E-state index in [9.17, 15) is 9.90 Å². The highest BCUT2D eigenvalue weighted by molar-refractivity contribution is 5.94. The van der Waals surface area contributed by atoms with Gasteiger partial charge in [-0.15, -0.1) is 0 Å². The van der Waals surface area contributed by atoms with Gasteiger partial charge in [0.15, 0.2) is 5.82 Å². The zero-order chi connectivity index (χ0) is 19.2. The Kier molecular flexibility index (Phi) is 5.36. The lowest BCUT2D eigenvalue weighted by atomic mass is 10.2. The molecule has 138 valence electrons. The van der Waals surface area contributed by atoms with Crippen molar-refractivity contribution < 1.29 is 19.4 Å². The average molecular weight is 366 g/mol. The van der Waals surface area contributed by atoms with Crippen LogP contribution in [0.2, 0.25) is 0 Å². The van der Waals surface area contributed by atoms with Crippen LogP contribution in [0.25, 0.3) is 0 Å². The number of hydrogen-bond donors (Lipinski definition) is 3.